The Bertz CT molecular complexity index is 895. The Balaban J connectivity index is 1.69. The average Bonchev–Trinajstić information content (AvgIpc) is 3.08. The Hall–Kier alpha value is -2.73. The summed E-state index contributed by atoms with van der Waals surface area (Å²) in [5, 5.41) is 15.1. The number of aromatic nitrogens is 4. The van der Waals surface area contributed by atoms with Crippen LogP contribution in [-0.4, -0.2) is 26.1 Å². The molecule has 0 fully saturated rings. The van der Waals surface area contributed by atoms with Crippen LogP contribution in [-0.2, 0) is 12.0 Å². The maximum absolute atomic E-state index is 12.4. The Labute approximate surface area is 157 Å². The van der Waals surface area contributed by atoms with Crippen molar-refractivity contribution < 1.29 is 4.79 Å². The van der Waals surface area contributed by atoms with Crippen molar-refractivity contribution in [2.45, 2.75) is 32.7 Å². The zero-order valence-electron chi connectivity index (χ0n) is 14.9. The zero-order chi connectivity index (χ0) is 18.7. The van der Waals surface area contributed by atoms with E-state index in [4.69, 9.17) is 11.6 Å². The first-order valence-electron chi connectivity index (χ1n) is 8.26. The van der Waals surface area contributed by atoms with Gasteiger partial charge in [-0.2, -0.15) is 4.68 Å². The minimum atomic E-state index is -0.170. The number of nitrogens with zero attached hydrogens (tertiary/aromatic N) is 4. The normalized spacial score (nSPS) is 11.4. The van der Waals surface area contributed by atoms with Gasteiger partial charge in [-0.3, -0.25) is 4.79 Å². The minimum absolute atomic E-state index is 0.0513. The summed E-state index contributed by atoms with van der Waals surface area (Å²) < 4.78 is 1.57. The molecule has 1 aromatic heterocycles. The van der Waals surface area contributed by atoms with Gasteiger partial charge in [-0.25, -0.2) is 0 Å². The average molecular weight is 370 g/mol. The maximum atomic E-state index is 12.4. The van der Waals surface area contributed by atoms with Gasteiger partial charge in [0.05, 0.1) is 12.2 Å². The van der Waals surface area contributed by atoms with Crippen molar-refractivity contribution in [1.29, 1.82) is 0 Å². The van der Waals surface area contributed by atoms with Crippen LogP contribution >= 0.6 is 11.6 Å². The van der Waals surface area contributed by atoms with Crippen LogP contribution in [0.4, 0.5) is 0 Å². The van der Waals surface area contributed by atoms with E-state index in [0.29, 0.717) is 16.4 Å². The zero-order valence-corrected chi connectivity index (χ0v) is 15.7. The topological polar surface area (TPSA) is 72.7 Å². The third-order valence-electron chi connectivity index (χ3n) is 4.03. The van der Waals surface area contributed by atoms with E-state index in [2.05, 4.69) is 41.6 Å². The summed E-state index contributed by atoms with van der Waals surface area (Å²) in [5.41, 5.74) is 2.61. The first kappa shape index (κ1) is 18.1. The van der Waals surface area contributed by atoms with Gasteiger partial charge in [0.1, 0.15) is 0 Å². The van der Waals surface area contributed by atoms with Crippen molar-refractivity contribution in [2.24, 2.45) is 0 Å². The summed E-state index contributed by atoms with van der Waals surface area (Å²) in [5.74, 6) is 0.364. The molecule has 0 aliphatic heterocycles. The van der Waals surface area contributed by atoms with Crippen molar-refractivity contribution in [3.05, 3.63) is 70.5 Å². The fraction of sp³-hybridized carbons (Fsp3) is 0.263. The van der Waals surface area contributed by atoms with Crippen molar-refractivity contribution in [3.8, 4) is 5.69 Å². The smallest absolute Gasteiger partial charge is 0.251 e. The van der Waals surface area contributed by atoms with Gasteiger partial charge < -0.3 is 5.32 Å². The SMILES string of the molecule is CC(C)(C)c1ccc(C(=O)NCc2nnnn2-c2ccc(Cl)cc2)cc1. The van der Waals surface area contributed by atoms with Crippen LogP contribution in [0.15, 0.2) is 48.5 Å². The molecule has 0 atom stereocenters. The molecular weight excluding hydrogens is 350 g/mol. The first-order valence-corrected chi connectivity index (χ1v) is 8.64. The van der Waals surface area contributed by atoms with E-state index in [0.717, 1.165) is 5.69 Å². The van der Waals surface area contributed by atoms with E-state index in [-0.39, 0.29) is 17.9 Å². The molecule has 0 bridgehead atoms. The van der Waals surface area contributed by atoms with E-state index in [1.54, 1.807) is 16.8 Å². The van der Waals surface area contributed by atoms with Gasteiger partial charge in [0, 0.05) is 10.6 Å². The number of hydrogen-bond donors (Lipinski definition) is 1. The number of tetrazole rings is 1. The summed E-state index contributed by atoms with van der Waals surface area (Å²) in [6.07, 6.45) is 0. The fourth-order valence-electron chi connectivity index (χ4n) is 2.48. The molecule has 0 saturated carbocycles. The number of hydrogen-bond acceptors (Lipinski definition) is 4. The molecule has 2 aromatic carbocycles. The first-order chi connectivity index (χ1) is 12.3. The number of nitrogens with one attached hydrogen (secondary N) is 1. The highest BCUT2D eigenvalue weighted by atomic mass is 35.5. The van der Waals surface area contributed by atoms with Crippen molar-refractivity contribution >= 4 is 17.5 Å². The Morgan fingerprint density at radius 2 is 1.73 bits per heavy atom. The molecule has 0 spiro atoms. The number of rotatable bonds is 4. The highest BCUT2D eigenvalue weighted by Gasteiger charge is 2.15. The molecule has 0 aliphatic carbocycles. The Morgan fingerprint density at radius 3 is 2.35 bits per heavy atom. The van der Waals surface area contributed by atoms with E-state index in [1.807, 2.05) is 36.4 Å². The van der Waals surface area contributed by atoms with Gasteiger partial charge in [-0.15, -0.1) is 5.10 Å². The second-order valence-corrected chi connectivity index (χ2v) is 7.43. The van der Waals surface area contributed by atoms with Crippen LogP contribution in [0.5, 0.6) is 0 Å². The van der Waals surface area contributed by atoms with E-state index in [9.17, 15) is 4.79 Å². The van der Waals surface area contributed by atoms with Crippen molar-refractivity contribution in [1.82, 2.24) is 25.5 Å². The molecule has 7 heteroatoms. The highest BCUT2D eigenvalue weighted by molar-refractivity contribution is 6.30. The molecule has 0 aliphatic rings. The molecule has 1 N–H and O–H groups in total. The van der Waals surface area contributed by atoms with Gasteiger partial charge in [-0.1, -0.05) is 44.5 Å². The van der Waals surface area contributed by atoms with E-state index < -0.39 is 0 Å². The number of halogens is 1. The molecule has 0 saturated heterocycles. The van der Waals surface area contributed by atoms with Gasteiger partial charge in [0.2, 0.25) is 0 Å². The van der Waals surface area contributed by atoms with Crippen LogP contribution in [0.2, 0.25) is 5.02 Å². The number of carbonyl (C=O) groups is 1. The second-order valence-electron chi connectivity index (χ2n) is 6.99. The summed E-state index contributed by atoms with van der Waals surface area (Å²) >= 11 is 5.90. The molecule has 6 nitrogen and oxygen atoms in total. The van der Waals surface area contributed by atoms with E-state index >= 15 is 0 Å². The van der Waals surface area contributed by atoms with E-state index in [1.165, 1.54) is 5.56 Å². The summed E-state index contributed by atoms with van der Waals surface area (Å²) in [6.45, 7) is 6.63. The molecule has 1 heterocycles. The Morgan fingerprint density at radius 1 is 1.08 bits per heavy atom. The van der Waals surface area contributed by atoms with Crippen molar-refractivity contribution in [2.75, 3.05) is 0 Å². The highest BCUT2D eigenvalue weighted by Crippen LogP contribution is 2.22. The lowest BCUT2D eigenvalue weighted by atomic mass is 9.87. The largest absolute Gasteiger partial charge is 0.345 e. The van der Waals surface area contributed by atoms with Crippen LogP contribution in [0, 0.1) is 0 Å². The Kier molecular flexibility index (Phi) is 5.04. The van der Waals surface area contributed by atoms with Gasteiger partial charge >= 0.3 is 0 Å². The lowest BCUT2D eigenvalue weighted by Gasteiger charge is -2.19. The van der Waals surface area contributed by atoms with Gasteiger partial charge in [-0.05, 0) is 57.8 Å². The molecular formula is C19H20ClN5O. The predicted octanol–water partition coefficient (Wildman–Crippen LogP) is 3.54. The van der Waals surface area contributed by atoms with Crippen LogP contribution in [0.3, 0.4) is 0 Å². The predicted molar refractivity (Wildman–Crippen MR) is 100 cm³/mol. The third-order valence-corrected chi connectivity index (χ3v) is 4.28. The second kappa shape index (κ2) is 7.25. The molecule has 26 heavy (non-hydrogen) atoms. The quantitative estimate of drug-likeness (QED) is 0.763. The fourth-order valence-corrected chi connectivity index (χ4v) is 2.61. The third kappa shape index (κ3) is 4.08. The van der Waals surface area contributed by atoms with Crippen molar-refractivity contribution in [3.63, 3.8) is 0 Å². The van der Waals surface area contributed by atoms with Crippen LogP contribution < -0.4 is 5.32 Å². The number of amides is 1. The van der Waals surface area contributed by atoms with Crippen LogP contribution in [0.1, 0.15) is 42.5 Å². The molecule has 134 valence electrons. The summed E-state index contributed by atoms with van der Waals surface area (Å²) in [4.78, 5) is 12.4. The van der Waals surface area contributed by atoms with Crippen LogP contribution in [0.25, 0.3) is 5.69 Å². The summed E-state index contributed by atoms with van der Waals surface area (Å²) in [7, 11) is 0. The maximum Gasteiger partial charge on any atom is 0.251 e. The number of carbonyl (C=O) groups excluding carboxylic acids is 1. The molecule has 3 rings (SSSR count). The molecule has 1 amide bonds. The molecule has 0 radical (unpaired) electrons. The summed E-state index contributed by atoms with van der Waals surface area (Å²) in [6, 6.07) is 14.8. The lowest BCUT2D eigenvalue weighted by molar-refractivity contribution is 0.0949. The standard InChI is InChI=1S/C19H20ClN5O/c1-19(2,3)14-6-4-13(5-7-14)18(26)21-12-17-22-23-24-25(17)16-10-8-15(20)9-11-16/h4-11H,12H2,1-3H3,(H,21,26). The lowest BCUT2D eigenvalue weighted by Crippen LogP contribution is -2.25. The molecule has 3 aromatic rings. The van der Waals surface area contributed by atoms with Gasteiger partial charge in [0.15, 0.2) is 5.82 Å². The van der Waals surface area contributed by atoms with Gasteiger partial charge in [0.25, 0.3) is 5.91 Å². The number of benzene rings is 2. The molecule has 0 unspecified atom stereocenters. The monoisotopic (exact) mass is 369 g/mol. The minimum Gasteiger partial charge on any atom is -0.345 e.